The first-order valence-corrected chi connectivity index (χ1v) is 6.83. The number of carbonyl (C=O) groups excluding carboxylic acids is 1. The number of amides is 1. The molecule has 21 heavy (non-hydrogen) atoms. The molecule has 0 spiro atoms. The number of aromatic amines is 1. The van der Waals surface area contributed by atoms with Crippen LogP contribution in [0.5, 0.6) is 0 Å². The van der Waals surface area contributed by atoms with E-state index in [2.05, 4.69) is 20.6 Å². The standard InChI is InChI=1S/C15H15N5O/c16-7-10-1-5-12(6-2-10)17-9-14(21)20-15-18-8-13(19-15)11-3-4-11/h1-2,5-6,8,11,17H,3-4,9H2,(H2,18,19,20,21). The Kier molecular flexibility index (Phi) is 3.56. The number of nitrogens with zero attached hydrogens (tertiary/aromatic N) is 2. The van der Waals surface area contributed by atoms with Gasteiger partial charge in [0.1, 0.15) is 0 Å². The molecule has 3 N–H and O–H groups in total. The lowest BCUT2D eigenvalue weighted by atomic mass is 10.2. The van der Waals surface area contributed by atoms with Gasteiger partial charge in [0.25, 0.3) is 0 Å². The number of nitriles is 1. The molecule has 1 aromatic carbocycles. The molecule has 3 rings (SSSR count). The molecule has 1 aliphatic carbocycles. The molecule has 1 aromatic heterocycles. The number of nitrogens with one attached hydrogen (secondary N) is 3. The first kappa shape index (κ1) is 13.2. The van der Waals surface area contributed by atoms with Gasteiger partial charge in [-0.2, -0.15) is 5.26 Å². The van der Waals surface area contributed by atoms with E-state index in [9.17, 15) is 4.79 Å². The van der Waals surface area contributed by atoms with Crippen molar-refractivity contribution in [2.45, 2.75) is 18.8 Å². The summed E-state index contributed by atoms with van der Waals surface area (Å²) < 4.78 is 0. The lowest BCUT2D eigenvalue weighted by molar-refractivity contribution is -0.114. The average Bonchev–Trinajstić information content (AvgIpc) is 3.26. The lowest BCUT2D eigenvalue weighted by Crippen LogP contribution is -2.22. The van der Waals surface area contributed by atoms with Crippen molar-refractivity contribution in [3.05, 3.63) is 41.7 Å². The molecule has 106 valence electrons. The third-order valence-corrected chi connectivity index (χ3v) is 3.34. The van der Waals surface area contributed by atoms with E-state index < -0.39 is 0 Å². The molecule has 6 nitrogen and oxygen atoms in total. The Balaban J connectivity index is 1.50. The fourth-order valence-electron chi connectivity index (χ4n) is 2.02. The highest BCUT2D eigenvalue weighted by molar-refractivity contribution is 5.92. The van der Waals surface area contributed by atoms with E-state index in [0.717, 1.165) is 11.4 Å². The number of aromatic nitrogens is 2. The number of hydrogen-bond acceptors (Lipinski definition) is 4. The molecule has 0 aliphatic heterocycles. The van der Waals surface area contributed by atoms with Crippen molar-refractivity contribution in [2.24, 2.45) is 0 Å². The van der Waals surface area contributed by atoms with Crippen LogP contribution in [0.25, 0.3) is 0 Å². The van der Waals surface area contributed by atoms with Crippen LogP contribution in [0.1, 0.15) is 30.0 Å². The van der Waals surface area contributed by atoms with Gasteiger partial charge in [-0.25, -0.2) is 4.98 Å². The molecule has 1 saturated carbocycles. The molecule has 1 fully saturated rings. The number of carbonyl (C=O) groups is 1. The Hall–Kier alpha value is -2.81. The average molecular weight is 281 g/mol. The highest BCUT2D eigenvalue weighted by atomic mass is 16.2. The molecule has 1 heterocycles. The van der Waals surface area contributed by atoms with Crippen LogP contribution in [0.3, 0.4) is 0 Å². The predicted octanol–water partition coefficient (Wildman–Crippen LogP) is 2.21. The summed E-state index contributed by atoms with van der Waals surface area (Å²) in [5.74, 6) is 0.902. The molecule has 0 saturated heterocycles. The van der Waals surface area contributed by atoms with Crippen LogP contribution in [0.2, 0.25) is 0 Å². The maximum Gasteiger partial charge on any atom is 0.245 e. The zero-order chi connectivity index (χ0) is 14.7. The van der Waals surface area contributed by atoms with Gasteiger partial charge in [-0.3, -0.25) is 10.1 Å². The summed E-state index contributed by atoms with van der Waals surface area (Å²) >= 11 is 0. The third kappa shape index (κ3) is 3.39. The van der Waals surface area contributed by atoms with Crippen LogP contribution in [0, 0.1) is 11.3 Å². The summed E-state index contributed by atoms with van der Waals surface area (Å²) in [7, 11) is 0. The summed E-state index contributed by atoms with van der Waals surface area (Å²) in [5.41, 5.74) is 2.47. The maximum absolute atomic E-state index is 11.8. The van der Waals surface area contributed by atoms with Crippen LogP contribution in [-0.2, 0) is 4.79 Å². The van der Waals surface area contributed by atoms with Crippen molar-refractivity contribution in [1.29, 1.82) is 5.26 Å². The van der Waals surface area contributed by atoms with E-state index in [4.69, 9.17) is 5.26 Å². The molecule has 0 unspecified atom stereocenters. The number of anilines is 2. The topological polar surface area (TPSA) is 93.6 Å². The minimum atomic E-state index is -0.170. The van der Waals surface area contributed by atoms with Crippen molar-refractivity contribution in [3.63, 3.8) is 0 Å². The summed E-state index contributed by atoms with van der Waals surface area (Å²) in [5, 5.41) is 14.4. The van der Waals surface area contributed by atoms with Crippen LogP contribution < -0.4 is 10.6 Å². The van der Waals surface area contributed by atoms with E-state index in [1.165, 1.54) is 12.8 Å². The normalized spacial score (nSPS) is 13.5. The van der Waals surface area contributed by atoms with Crippen LogP contribution in [0.4, 0.5) is 11.6 Å². The first-order valence-electron chi connectivity index (χ1n) is 6.83. The zero-order valence-electron chi connectivity index (χ0n) is 11.4. The quantitative estimate of drug-likeness (QED) is 0.783. The molecule has 0 atom stereocenters. The minimum absolute atomic E-state index is 0.144. The largest absolute Gasteiger partial charge is 0.376 e. The predicted molar refractivity (Wildman–Crippen MR) is 78.8 cm³/mol. The second-order valence-corrected chi connectivity index (χ2v) is 5.05. The van der Waals surface area contributed by atoms with Gasteiger partial charge in [0.15, 0.2) is 0 Å². The van der Waals surface area contributed by atoms with Gasteiger partial charge in [0, 0.05) is 17.3 Å². The Morgan fingerprint density at radius 2 is 2.14 bits per heavy atom. The van der Waals surface area contributed by atoms with Crippen molar-refractivity contribution >= 4 is 17.5 Å². The Bertz CT molecular complexity index is 679. The van der Waals surface area contributed by atoms with E-state index in [-0.39, 0.29) is 12.5 Å². The fourth-order valence-corrected chi connectivity index (χ4v) is 2.02. The first-order chi connectivity index (χ1) is 10.2. The highest BCUT2D eigenvalue weighted by Gasteiger charge is 2.25. The van der Waals surface area contributed by atoms with E-state index in [1.807, 2.05) is 6.07 Å². The fraction of sp³-hybridized carbons (Fsp3) is 0.267. The molecule has 1 aliphatic rings. The highest BCUT2D eigenvalue weighted by Crippen LogP contribution is 2.39. The Labute approximate surface area is 122 Å². The number of rotatable bonds is 5. The number of hydrogen-bond donors (Lipinski definition) is 3. The zero-order valence-corrected chi connectivity index (χ0v) is 11.4. The molecule has 0 radical (unpaired) electrons. The Morgan fingerprint density at radius 1 is 1.38 bits per heavy atom. The van der Waals surface area contributed by atoms with Gasteiger partial charge >= 0.3 is 0 Å². The van der Waals surface area contributed by atoms with Gasteiger partial charge in [-0.05, 0) is 37.1 Å². The maximum atomic E-state index is 11.8. The van der Waals surface area contributed by atoms with Crippen molar-refractivity contribution < 1.29 is 4.79 Å². The Morgan fingerprint density at radius 3 is 2.81 bits per heavy atom. The molecule has 0 bridgehead atoms. The lowest BCUT2D eigenvalue weighted by Gasteiger charge is -2.06. The molecule has 2 aromatic rings. The summed E-state index contributed by atoms with van der Waals surface area (Å²) in [6, 6.07) is 8.99. The van der Waals surface area contributed by atoms with E-state index in [0.29, 0.717) is 17.4 Å². The molecule has 1 amide bonds. The van der Waals surface area contributed by atoms with Crippen LogP contribution >= 0.6 is 0 Å². The smallest absolute Gasteiger partial charge is 0.245 e. The summed E-state index contributed by atoms with van der Waals surface area (Å²) in [4.78, 5) is 19.1. The number of H-pyrrole nitrogens is 1. The van der Waals surface area contributed by atoms with Gasteiger partial charge < -0.3 is 10.3 Å². The second-order valence-electron chi connectivity index (χ2n) is 5.05. The third-order valence-electron chi connectivity index (χ3n) is 3.34. The SMILES string of the molecule is N#Cc1ccc(NCC(=O)Nc2ncc(C3CC3)[nH]2)cc1. The van der Waals surface area contributed by atoms with Gasteiger partial charge in [-0.15, -0.1) is 0 Å². The monoisotopic (exact) mass is 281 g/mol. The second kappa shape index (κ2) is 5.67. The number of imidazole rings is 1. The molecular formula is C15H15N5O. The van der Waals surface area contributed by atoms with E-state index >= 15 is 0 Å². The summed E-state index contributed by atoms with van der Waals surface area (Å²) in [6.07, 6.45) is 4.16. The van der Waals surface area contributed by atoms with Crippen LogP contribution in [-0.4, -0.2) is 22.4 Å². The van der Waals surface area contributed by atoms with Crippen molar-refractivity contribution in [2.75, 3.05) is 17.2 Å². The number of benzene rings is 1. The van der Waals surface area contributed by atoms with Crippen molar-refractivity contribution in [1.82, 2.24) is 9.97 Å². The van der Waals surface area contributed by atoms with Crippen LogP contribution in [0.15, 0.2) is 30.5 Å². The van der Waals surface area contributed by atoms with Gasteiger partial charge in [-0.1, -0.05) is 0 Å². The minimum Gasteiger partial charge on any atom is -0.376 e. The van der Waals surface area contributed by atoms with Gasteiger partial charge in [0.05, 0.1) is 24.4 Å². The summed E-state index contributed by atoms with van der Waals surface area (Å²) in [6.45, 7) is 0.144. The molecule has 6 heteroatoms. The van der Waals surface area contributed by atoms with Gasteiger partial charge in [0.2, 0.25) is 11.9 Å². The van der Waals surface area contributed by atoms with Crippen molar-refractivity contribution in [3.8, 4) is 6.07 Å². The molecular weight excluding hydrogens is 266 g/mol. The van der Waals surface area contributed by atoms with E-state index in [1.54, 1.807) is 30.5 Å².